The molecule has 0 aromatic heterocycles. The van der Waals surface area contributed by atoms with Gasteiger partial charge in [0, 0.05) is 19.1 Å². The lowest BCUT2D eigenvalue weighted by atomic mass is 9.84. The molecule has 2 rings (SSSR count). The van der Waals surface area contributed by atoms with E-state index in [1.807, 2.05) is 0 Å². The molecule has 2 aliphatic rings. The summed E-state index contributed by atoms with van der Waals surface area (Å²) < 4.78 is 11.9. The standard InChI is InChI=1S/C14H25O2/c1-2-7-12(13-8-3-5-10-15-13)14-9-4-6-11-16-14/h13-14H,2-11H2,1H3. The summed E-state index contributed by atoms with van der Waals surface area (Å²) in [5.41, 5.74) is 0. The molecule has 2 fully saturated rings. The number of hydrogen-bond acceptors (Lipinski definition) is 2. The van der Waals surface area contributed by atoms with Crippen LogP contribution >= 0.6 is 0 Å². The van der Waals surface area contributed by atoms with Gasteiger partial charge >= 0.3 is 0 Å². The molecular formula is C14H25O2. The molecule has 0 aromatic rings. The van der Waals surface area contributed by atoms with Crippen molar-refractivity contribution in [2.45, 2.75) is 70.5 Å². The second kappa shape index (κ2) is 6.61. The van der Waals surface area contributed by atoms with E-state index in [1.54, 1.807) is 5.92 Å². The highest BCUT2D eigenvalue weighted by Gasteiger charge is 2.32. The lowest BCUT2D eigenvalue weighted by molar-refractivity contribution is -0.0354. The van der Waals surface area contributed by atoms with Crippen LogP contribution in [0.15, 0.2) is 0 Å². The van der Waals surface area contributed by atoms with Crippen LogP contribution in [0.1, 0.15) is 58.3 Å². The third-order valence-electron chi connectivity index (χ3n) is 3.73. The Morgan fingerprint density at radius 2 is 1.50 bits per heavy atom. The van der Waals surface area contributed by atoms with Gasteiger partial charge in [0.05, 0.1) is 12.2 Å². The molecule has 16 heavy (non-hydrogen) atoms. The van der Waals surface area contributed by atoms with E-state index >= 15 is 0 Å². The van der Waals surface area contributed by atoms with Crippen LogP contribution in [0.2, 0.25) is 0 Å². The van der Waals surface area contributed by atoms with Crippen molar-refractivity contribution in [3.63, 3.8) is 0 Å². The molecule has 2 heteroatoms. The van der Waals surface area contributed by atoms with Gasteiger partial charge in [-0.2, -0.15) is 0 Å². The zero-order valence-electron chi connectivity index (χ0n) is 10.5. The topological polar surface area (TPSA) is 18.5 Å². The molecule has 0 saturated carbocycles. The van der Waals surface area contributed by atoms with Crippen molar-refractivity contribution in [2.24, 2.45) is 0 Å². The quantitative estimate of drug-likeness (QED) is 0.729. The summed E-state index contributed by atoms with van der Waals surface area (Å²) in [5, 5.41) is 0. The van der Waals surface area contributed by atoms with Gasteiger partial charge < -0.3 is 9.47 Å². The fourth-order valence-electron chi connectivity index (χ4n) is 2.88. The van der Waals surface area contributed by atoms with E-state index in [2.05, 4.69) is 6.92 Å². The normalized spacial score (nSPS) is 31.9. The summed E-state index contributed by atoms with van der Waals surface area (Å²) in [6.07, 6.45) is 10.8. The van der Waals surface area contributed by atoms with Gasteiger partial charge in [0.2, 0.25) is 0 Å². The van der Waals surface area contributed by atoms with Gasteiger partial charge in [0.1, 0.15) is 0 Å². The van der Waals surface area contributed by atoms with Gasteiger partial charge in [-0.25, -0.2) is 0 Å². The highest BCUT2D eigenvalue weighted by Crippen LogP contribution is 2.33. The van der Waals surface area contributed by atoms with Crippen molar-refractivity contribution in [2.75, 3.05) is 13.2 Å². The molecule has 2 unspecified atom stereocenters. The summed E-state index contributed by atoms with van der Waals surface area (Å²) >= 11 is 0. The molecule has 0 bridgehead atoms. The van der Waals surface area contributed by atoms with Crippen LogP contribution in [0.5, 0.6) is 0 Å². The predicted molar refractivity (Wildman–Crippen MR) is 65.3 cm³/mol. The molecule has 2 saturated heterocycles. The molecule has 0 spiro atoms. The minimum atomic E-state index is 0.400. The van der Waals surface area contributed by atoms with Crippen molar-refractivity contribution in [1.82, 2.24) is 0 Å². The van der Waals surface area contributed by atoms with Crippen molar-refractivity contribution < 1.29 is 9.47 Å². The molecule has 0 aromatic carbocycles. The Balaban J connectivity index is 1.91. The first-order chi connectivity index (χ1) is 7.92. The van der Waals surface area contributed by atoms with Crippen LogP contribution in [0, 0.1) is 5.92 Å². The lowest BCUT2D eigenvalue weighted by Crippen LogP contribution is -2.37. The Kier molecular flexibility index (Phi) is 5.11. The zero-order chi connectivity index (χ0) is 11.2. The van der Waals surface area contributed by atoms with Gasteiger partial charge in [-0.05, 0) is 44.9 Å². The summed E-state index contributed by atoms with van der Waals surface area (Å²) in [7, 11) is 0. The molecule has 1 radical (unpaired) electrons. The maximum Gasteiger partial charge on any atom is 0.0663 e. The number of ether oxygens (including phenoxy) is 2. The summed E-state index contributed by atoms with van der Waals surface area (Å²) in [4.78, 5) is 0. The van der Waals surface area contributed by atoms with Crippen molar-refractivity contribution in [3.05, 3.63) is 5.92 Å². The molecule has 0 aliphatic carbocycles. The first-order valence-electron chi connectivity index (χ1n) is 7.00. The van der Waals surface area contributed by atoms with E-state index in [4.69, 9.17) is 9.47 Å². The Labute approximate surface area is 99.7 Å². The van der Waals surface area contributed by atoms with Gasteiger partial charge in [-0.15, -0.1) is 0 Å². The zero-order valence-corrected chi connectivity index (χ0v) is 10.5. The molecule has 93 valence electrons. The third-order valence-corrected chi connectivity index (χ3v) is 3.73. The molecule has 0 N–H and O–H groups in total. The molecule has 0 amide bonds. The maximum atomic E-state index is 5.93. The highest BCUT2D eigenvalue weighted by atomic mass is 16.5. The van der Waals surface area contributed by atoms with E-state index in [0.29, 0.717) is 12.2 Å². The lowest BCUT2D eigenvalue weighted by Gasteiger charge is -2.36. The summed E-state index contributed by atoms with van der Waals surface area (Å²) in [6, 6.07) is 0. The first kappa shape index (κ1) is 12.4. The number of hydrogen-bond donors (Lipinski definition) is 0. The second-order valence-corrected chi connectivity index (χ2v) is 5.04. The second-order valence-electron chi connectivity index (χ2n) is 5.04. The van der Waals surface area contributed by atoms with E-state index in [0.717, 1.165) is 13.2 Å². The maximum absolute atomic E-state index is 5.93. The highest BCUT2D eigenvalue weighted by molar-refractivity contribution is 5.05. The van der Waals surface area contributed by atoms with Gasteiger partial charge in [-0.1, -0.05) is 13.3 Å². The smallest absolute Gasteiger partial charge is 0.0663 e. The minimum absolute atomic E-state index is 0.400. The third kappa shape index (κ3) is 3.21. The largest absolute Gasteiger partial charge is 0.378 e. The predicted octanol–water partition coefficient (Wildman–Crippen LogP) is 3.50. The minimum Gasteiger partial charge on any atom is -0.378 e. The van der Waals surface area contributed by atoms with Crippen LogP contribution in [0.4, 0.5) is 0 Å². The van der Waals surface area contributed by atoms with Crippen molar-refractivity contribution >= 4 is 0 Å². The Bertz CT molecular complexity index is 163. The van der Waals surface area contributed by atoms with Gasteiger partial charge in [0.15, 0.2) is 0 Å². The van der Waals surface area contributed by atoms with Crippen LogP contribution in [-0.4, -0.2) is 25.4 Å². The Hall–Kier alpha value is -0.0800. The van der Waals surface area contributed by atoms with Gasteiger partial charge in [0.25, 0.3) is 0 Å². The molecule has 2 aliphatic heterocycles. The van der Waals surface area contributed by atoms with Crippen molar-refractivity contribution in [3.8, 4) is 0 Å². The van der Waals surface area contributed by atoms with E-state index in [9.17, 15) is 0 Å². The Morgan fingerprint density at radius 3 is 1.88 bits per heavy atom. The van der Waals surface area contributed by atoms with Crippen LogP contribution in [-0.2, 0) is 9.47 Å². The summed E-state index contributed by atoms with van der Waals surface area (Å²) in [6.45, 7) is 4.15. The van der Waals surface area contributed by atoms with E-state index in [-0.39, 0.29) is 0 Å². The molecule has 2 nitrogen and oxygen atoms in total. The first-order valence-corrected chi connectivity index (χ1v) is 7.00. The fraction of sp³-hybridized carbons (Fsp3) is 0.929. The fourth-order valence-corrected chi connectivity index (χ4v) is 2.88. The van der Waals surface area contributed by atoms with E-state index < -0.39 is 0 Å². The van der Waals surface area contributed by atoms with Crippen LogP contribution in [0.3, 0.4) is 0 Å². The average Bonchev–Trinajstić information content (AvgIpc) is 2.38. The van der Waals surface area contributed by atoms with E-state index in [1.165, 1.54) is 51.4 Å². The van der Waals surface area contributed by atoms with Crippen LogP contribution in [0.25, 0.3) is 0 Å². The SMILES string of the molecule is CCC[C](C1CCCCO1)C1CCCCO1. The average molecular weight is 225 g/mol. The summed E-state index contributed by atoms with van der Waals surface area (Å²) in [5.74, 6) is 1.56. The Morgan fingerprint density at radius 1 is 0.938 bits per heavy atom. The monoisotopic (exact) mass is 225 g/mol. The molecular weight excluding hydrogens is 200 g/mol. The molecule has 2 atom stereocenters. The van der Waals surface area contributed by atoms with Gasteiger partial charge in [-0.3, -0.25) is 0 Å². The number of rotatable bonds is 4. The molecule has 2 heterocycles. The van der Waals surface area contributed by atoms with Crippen molar-refractivity contribution in [1.29, 1.82) is 0 Å². The van der Waals surface area contributed by atoms with Crippen LogP contribution < -0.4 is 0 Å².